The Hall–Kier alpha value is -2.20. The molecule has 0 saturated carbocycles. The van der Waals surface area contributed by atoms with Crippen molar-refractivity contribution in [2.24, 2.45) is 5.73 Å². The molecule has 1 atom stereocenters. The number of hydrogen-bond donors (Lipinski definition) is 1. The van der Waals surface area contributed by atoms with Crippen LogP contribution in [0.4, 0.5) is 5.69 Å². The number of halogens is 1. The summed E-state index contributed by atoms with van der Waals surface area (Å²) in [4.78, 5) is 16.2. The van der Waals surface area contributed by atoms with Crippen molar-refractivity contribution in [3.05, 3.63) is 68.5 Å². The maximum absolute atomic E-state index is 13.1. The number of thioether (sulfide) groups is 1. The number of aryl methyl sites for hydroxylation is 1. The maximum Gasteiger partial charge on any atom is 0.161 e. The molecule has 0 spiro atoms. The molecule has 1 aliphatic heterocycles. The Labute approximate surface area is 183 Å². The van der Waals surface area contributed by atoms with Gasteiger partial charge in [0.15, 0.2) is 5.78 Å². The molecule has 0 radical (unpaired) electrons. The van der Waals surface area contributed by atoms with E-state index in [9.17, 15) is 10.1 Å². The average molecular weight is 442 g/mol. The third-order valence-electron chi connectivity index (χ3n) is 5.34. The Kier molecular flexibility index (Phi) is 5.48. The minimum atomic E-state index is -0.404. The van der Waals surface area contributed by atoms with Gasteiger partial charge in [0.25, 0.3) is 0 Å². The number of hydrogen-bond acceptors (Lipinski definition) is 6. The van der Waals surface area contributed by atoms with Gasteiger partial charge >= 0.3 is 0 Å². The third-order valence-corrected chi connectivity index (χ3v) is 7.81. The summed E-state index contributed by atoms with van der Waals surface area (Å²) >= 11 is 9.40. The number of ketones is 1. The van der Waals surface area contributed by atoms with Crippen LogP contribution in [0.2, 0.25) is 5.02 Å². The second-order valence-corrected chi connectivity index (χ2v) is 9.86. The van der Waals surface area contributed by atoms with Crippen molar-refractivity contribution in [1.82, 2.24) is 0 Å². The van der Waals surface area contributed by atoms with Crippen molar-refractivity contribution in [1.29, 1.82) is 5.26 Å². The quantitative estimate of drug-likeness (QED) is 0.615. The molecule has 2 N–H and O–H groups in total. The summed E-state index contributed by atoms with van der Waals surface area (Å²) in [6.45, 7) is 2.05. The lowest BCUT2D eigenvalue weighted by Gasteiger charge is -2.39. The van der Waals surface area contributed by atoms with Crippen molar-refractivity contribution in [3.63, 3.8) is 0 Å². The molecule has 148 valence electrons. The molecule has 7 heteroatoms. The van der Waals surface area contributed by atoms with Gasteiger partial charge in [-0.05, 0) is 61.9 Å². The zero-order valence-electron chi connectivity index (χ0n) is 16.2. The number of allylic oxidation sites excluding steroid dienone is 3. The van der Waals surface area contributed by atoms with Crippen molar-refractivity contribution in [2.45, 2.75) is 36.3 Å². The number of rotatable bonds is 3. The van der Waals surface area contributed by atoms with Crippen molar-refractivity contribution >= 4 is 46.2 Å². The van der Waals surface area contributed by atoms with Gasteiger partial charge < -0.3 is 5.73 Å². The first-order chi connectivity index (χ1) is 14.0. The molecule has 0 unspecified atom stereocenters. The smallest absolute Gasteiger partial charge is 0.161 e. The highest BCUT2D eigenvalue weighted by molar-refractivity contribution is 8.00. The molecule has 29 heavy (non-hydrogen) atoms. The highest BCUT2D eigenvalue weighted by atomic mass is 35.5. The number of anilines is 1. The van der Waals surface area contributed by atoms with E-state index in [4.69, 9.17) is 17.3 Å². The standard InChI is InChI=1S/C22H20ClN3OS2/c1-12-10-15(22(28-2)29-12)19-16(11-24)21(25)26(14-8-6-13(23)7-9-14)17-4-3-5-18(27)20(17)19/h6-10,19H,3-5,25H2,1-2H3/t19-/m0/s1. The SMILES string of the molecule is CSc1sc(C)cc1[C@H]1C(C#N)=C(N)N(c2ccc(Cl)cc2)C2=C1C(=O)CCC2. The minimum Gasteiger partial charge on any atom is -0.384 e. The first-order valence-corrected chi connectivity index (χ1v) is 11.7. The van der Waals surface area contributed by atoms with E-state index in [1.165, 1.54) is 0 Å². The normalized spacial score (nSPS) is 19.4. The molecular formula is C22H20ClN3OS2. The Morgan fingerprint density at radius 2 is 2.03 bits per heavy atom. The number of carbonyl (C=O) groups is 1. The Balaban J connectivity index is 1.98. The molecular weight excluding hydrogens is 422 g/mol. The second-order valence-electron chi connectivity index (χ2n) is 7.10. The van der Waals surface area contributed by atoms with Gasteiger partial charge in [0.2, 0.25) is 0 Å². The molecule has 2 aromatic rings. The summed E-state index contributed by atoms with van der Waals surface area (Å²) < 4.78 is 1.12. The van der Waals surface area contributed by atoms with E-state index < -0.39 is 5.92 Å². The third kappa shape index (κ3) is 3.38. The van der Waals surface area contributed by atoms with Crippen molar-refractivity contribution in [2.75, 3.05) is 11.2 Å². The fourth-order valence-electron chi connectivity index (χ4n) is 4.16. The van der Waals surface area contributed by atoms with Crippen LogP contribution in [-0.4, -0.2) is 12.0 Å². The van der Waals surface area contributed by atoms with E-state index in [-0.39, 0.29) is 5.78 Å². The molecule has 4 nitrogen and oxygen atoms in total. The number of carbonyl (C=O) groups excluding carboxylic acids is 1. The second kappa shape index (κ2) is 7.91. The summed E-state index contributed by atoms with van der Waals surface area (Å²) in [5, 5.41) is 10.7. The molecule has 0 bridgehead atoms. The van der Waals surface area contributed by atoms with E-state index in [0.717, 1.165) is 38.9 Å². The predicted molar refractivity (Wildman–Crippen MR) is 120 cm³/mol. The lowest BCUT2D eigenvalue weighted by atomic mass is 9.76. The van der Waals surface area contributed by atoms with Gasteiger partial charge in [0, 0.05) is 33.3 Å². The molecule has 2 heterocycles. The van der Waals surface area contributed by atoms with Gasteiger partial charge in [-0.2, -0.15) is 5.26 Å². The molecule has 2 aliphatic rings. The van der Waals surface area contributed by atoms with Gasteiger partial charge in [-0.25, -0.2) is 0 Å². The van der Waals surface area contributed by atoms with Crippen LogP contribution in [-0.2, 0) is 4.79 Å². The summed E-state index contributed by atoms with van der Waals surface area (Å²) in [6, 6.07) is 11.7. The van der Waals surface area contributed by atoms with Crippen LogP contribution in [0, 0.1) is 18.3 Å². The summed E-state index contributed by atoms with van der Waals surface area (Å²) in [7, 11) is 0. The maximum atomic E-state index is 13.1. The molecule has 0 fully saturated rings. The lowest BCUT2D eigenvalue weighted by Crippen LogP contribution is -2.38. The average Bonchev–Trinajstić information content (AvgIpc) is 3.09. The highest BCUT2D eigenvalue weighted by Gasteiger charge is 2.41. The number of nitriles is 1. The summed E-state index contributed by atoms with van der Waals surface area (Å²) in [6.07, 6.45) is 4.05. The number of Topliss-reactive ketones (excluding diaryl/α,β-unsaturated/α-hetero) is 1. The van der Waals surface area contributed by atoms with Gasteiger partial charge in [0.05, 0.1) is 21.8 Å². The topological polar surface area (TPSA) is 70.1 Å². The number of nitrogens with zero attached hydrogens (tertiary/aromatic N) is 2. The van der Waals surface area contributed by atoms with E-state index >= 15 is 0 Å². The van der Waals surface area contributed by atoms with E-state index in [1.54, 1.807) is 35.2 Å². The first-order valence-electron chi connectivity index (χ1n) is 9.32. The molecule has 1 aromatic heterocycles. The molecule has 1 aromatic carbocycles. The van der Waals surface area contributed by atoms with Crippen LogP contribution in [0.5, 0.6) is 0 Å². The lowest BCUT2D eigenvalue weighted by molar-refractivity contribution is -0.116. The van der Waals surface area contributed by atoms with Gasteiger partial charge in [-0.3, -0.25) is 9.69 Å². The minimum absolute atomic E-state index is 0.103. The predicted octanol–water partition coefficient (Wildman–Crippen LogP) is 5.74. The van der Waals surface area contributed by atoms with Crippen LogP contribution in [0.3, 0.4) is 0 Å². The Morgan fingerprint density at radius 1 is 1.31 bits per heavy atom. The van der Waals surface area contributed by atoms with E-state index in [1.807, 2.05) is 30.2 Å². The fourth-order valence-corrected chi connectivity index (χ4v) is 6.19. The van der Waals surface area contributed by atoms with E-state index in [0.29, 0.717) is 28.4 Å². The van der Waals surface area contributed by atoms with Crippen LogP contribution >= 0.6 is 34.7 Å². The zero-order valence-corrected chi connectivity index (χ0v) is 18.5. The van der Waals surface area contributed by atoms with Crippen LogP contribution < -0.4 is 10.6 Å². The first kappa shape index (κ1) is 20.1. The molecule has 0 amide bonds. The molecule has 4 rings (SSSR count). The van der Waals surface area contributed by atoms with Gasteiger partial charge in [-0.1, -0.05) is 11.6 Å². The van der Waals surface area contributed by atoms with Crippen molar-refractivity contribution < 1.29 is 4.79 Å². The van der Waals surface area contributed by atoms with Gasteiger partial charge in [0.1, 0.15) is 5.82 Å². The van der Waals surface area contributed by atoms with Crippen molar-refractivity contribution in [3.8, 4) is 6.07 Å². The highest BCUT2D eigenvalue weighted by Crippen LogP contribution is 2.49. The molecule has 1 aliphatic carbocycles. The van der Waals surface area contributed by atoms with Gasteiger partial charge in [-0.15, -0.1) is 23.1 Å². The van der Waals surface area contributed by atoms with E-state index in [2.05, 4.69) is 12.1 Å². The number of nitrogens with two attached hydrogens (primary N) is 1. The Bertz CT molecular complexity index is 1090. The summed E-state index contributed by atoms with van der Waals surface area (Å²) in [5.41, 5.74) is 10.5. The van der Waals surface area contributed by atoms with Crippen LogP contribution in [0.25, 0.3) is 0 Å². The molecule has 0 saturated heterocycles. The fraction of sp³-hybridized carbons (Fsp3) is 0.273. The number of benzene rings is 1. The zero-order chi connectivity index (χ0) is 20.7. The van der Waals surface area contributed by atoms with Crippen LogP contribution in [0.1, 0.15) is 35.6 Å². The number of thiophene rings is 1. The monoisotopic (exact) mass is 441 g/mol. The summed E-state index contributed by atoms with van der Waals surface area (Å²) in [5.74, 6) is 0.0919. The van der Waals surface area contributed by atoms with Crippen LogP contribution in [0.15, 0.2) is 57.2 Å². The Morgan fingerprint density at radius 3 is 2.69 bits per heavy atom. The largest absolute Gasteiger partial charge is 0.384 e.